The minimum absolute atomic E-state index is 0.457. The monoisotopic (exact) mass is 280 g/mol. The molecule has 0 aliphatic heterocycles. The molecule has 6 heteroatoms. The van der Waals surface area contributed by atoms with E-state index >= 15 is 0 Å². The van der Waals surface area contributed by atoms with Gasteiger partial charge in [-0.05, 0) is 23.8 Å². The lowest BCUT2D eigenvalue weighted by Gasteiger charge is -2.12. The molecule has 0 saturated carbocycles. The molecule has 0 unspecified atom stereocenters. The molecule has 0 radical (unpaired) electrons. The van der Waals surface area contributed by atoms with Gasteiger partial charge in [0, 0.05) is 13.0 Å². The maximum absolute atomic E-state index is 11.2. The minimum atomic E-state index is -0.744. The van der Waals surface area contributed by atoms with Gasteiger partial charge in [-0.2, -0.15) is 0 Å². The Kier molecular flexibility index (Phi) is 5.58. The summed E-state index contributed by atoms with van der Waals surface area (Å²) in [5.74, 6) is -0.0212. The highest BCUT2D eigenvalue weighted by molar-refractivity contribution is 5.94. The van der Waals surface area contributed by atoms with Gasteiger partial charge in [-0.1, -0.05) is 0 Å². The molecule has 1 rings (SSSR count). The van der Waals surface area contributed by atoms with Crippen molar-refractivity contribution in [3.63, 3.8) is 0 Å². The first-order valence-corrected chi connectivity index (χ1v) is 5.72. The number of hydrogen-bond acceptors (Lipinski definition) is 6. The Bertz CT molecular complexity index is 507. The Labute approximate surface area is 116 Å². The van der Waals surface area contributed by atoms with E-state index in [9.17, 15) is 9.59 Å². The highest BCUT2D eigenvalue weighted by atomic mass is 16.6. The molecule has 0 N–H and O–H groups in total. The summed E-state index contributed by atoms with van der Waals surface area (Å²) in [6.07, 6.45) is 2.62. The van der Waals surface area contributed by atoms with Crippen LogP contribution in [0.1, 0.15) is 12.5 Å². The van der Waals surface area contributed by atoms with Crippen LogP contribution in [0.15, 0.2) is 18.2 Å². The van der Waals surface area contributed by atoms with Gasteiger partial charge >= 0.3 is 11.9 Å². The first kappa shape index (κ1) is 15.6. The summed E-state index contributed by atoms with van der Waals surface area (Å²) < 4.78 is 19.9. The third kappa shape index (κ3) is 4.01. The van der Waals surface area contributed by atoms with E-state index in [0.717, 1.165) is 13.0 Å². The molecule has 1 aromatic rings. The molecular weight excluding hydrogens is 264 g/mol. The maximum atomic E-state index is 11.2. The quantitative estimate of drug-likeness (QED) is 0.465. The second kappa shape index (κ2) is 7.18. The van der Waals surface area contributed by atoms with Crippen molar-refractivity contribution < 1.29 is 28.5 Å². The molecule has 0 aliphatic carbocycles. The Hall–Kier alpha value is -2.50. The summed E-state index contributed by atoms with van der Waals surface area (Å²) in [5, 5.41) is 0. The smallest absolute Gasteiger partial charge is 0.338 e. The van der Waals surface area contributed by atoms with Crippen LogP contribution >= 0.6 is 0 Å². The van der Waals surface area contributed by atoms with Crippen LogP contribution in [0.4, 0.5) is 0 Å². The third-order valence-electron chi connectivity index (χ3n) is 2.34. The molecule has 0 spiro atoms. The lowest BCUT2D eigenvalue weighted by atomic mass is 10.1. The van der Waals surface area contributed by atoms with Gasteiger partial charge < -0.3 is 18.9 Å². The summed E-state index contributed by atoms with van der Waals surface area (Å²) in [5.41, 5.74) is 0.639. The number of methoxy groups -OCH3 is 3. The van der Waals surface area contributed by atoms with Crippen LogP contribution in [0.5, 0.6) is 17.2 Å². The molecule has 0 amide bonds. The third-order valence-corrected chi connectivity index (χ3v) is 2.34. The van der Waals surface area contributed by atoms with E-state index in [-0.39, 0.29) is 0 Å². The number of esters is 2. The standard InChI is InChI=1S/C14H16O6/c1-9(15)20-13(16)6-5-10-7-11(17-2)14(19-4)12(8-10)18-3/h5-8H,1-4H3. The number of carbonyl (C=O) groups is 2. The van der Waals surface area contributed by atoms with Crippen molar-refractivity contribution in [3.05, 3.63) is 23.8 Å². The van der Waals surface area contributed by atoms with Crippen molar-refractivity contribution in [1.29, 1.82) is 0 Å². The summed E-state index contributed by atoms with van der Waals surface area (Å²) in [4.78, 5) is 21.9. The minimum Gasteiger partial charge on any atom is -0.493 e. The SMILES string of the molecule is COc1cc(C=CC(=O)OC(C)=O)cc(OC)c1OC. The van der Waals surface area contributed by atoms with Crippen LogP contribution in [0.3, 0.4) is 0 Å². The molecule has 0 bridgehead atoms. The van der Waals surface area contributed by atoms with Crippen LogP contribution in [0.25, 0.3) is 6.08 Å². The number of benzene rings is 1. The van der Waals surface area contributed by atoms with E-state index in [1.54, 1.807) is 12.1 Å². The average molecular weight is 280 g/mol. The molecule has 0 fully saturated rings. The predicted molar refractivity (Wildman–Crippen MR) is 71.9 cm³/mol. The van der Waals surface area contributed by atoms with E-state index < -0.39 is 11.9 Å². The summed E-state index contributed by atoms with van der Waals surface area (Å²) >= 11 is 0. The fourth-order valence-corrected chi connectivity index (χ4v) is 1.54. The molecule has 1 aromatic carbocycles. The lowest BCUT2D eigenvalue weighted by Crippen LogP contribution is -2.05. The molecule has 0 saturated heterocycles. The normalized spacial score (nSPS) is 10.2. The van der Waals surface area contributed by atoms with Crippen LogP contribution in [-0.4, -0.2) is 33.3 Å². The predicted octanol–water partition coefficient (Wildman–Crippen LogP) is 1.82. The van der Waals surface area contributed by atoms with Crippen molar-refractivity contribution >= 4 is 18.0 Å². The van der Waals surface area contributed by atoms with Crippen molar-refractivity contribution in [2.75, 3.05) is 21.3 Å². The molecule has 0 heterocycles. The van der Waals surface area contributed by atoms with E-state index in [1.165, 1.54) is 27.4 Å². The second-order valence-corrected chi connectivity index (χ2v) is 3.70. The summed E-state index contributed by atoms with van der Waals surface area (Å²) in [6, 6.07) is 3.33. The summed E-state index contributed by atoms with van der Waals surface area (Å²) in [7, 11) is 4.49. The van der Waals surface area contributed by atoms with Crippen LogP contribution in [0.2, 0.25) is 0 Å². The van der Waals surface area contributed by atoms with Gasteiger partial charge in [-0.3, -0.25) is 4.79 Å². The Morgan fingerprint density at radius 2 is 1.55 bits per heavy atom. The lowest BCUT2D eigenvalue weighted by molar-refractivity contribution is -0.154. The second-order valence-electron chi connectivity index (χ2n) is 3.70. The zero-order chi connectivity index (χ0) is 15.1. The Balaban J connectivity index is 3.04. The molecule has 0 aliphatic rings. The molecule has 108 valence electrons. The van der Waals surface area contributed by atoms with E-state index in [1.807, 2.05) is 0 Å². The molecule has 6 nitrogen and oxygen atoms in total. The van der Waals surface area contributed by atoms with Crippen LogP contribution < -0.4 is 14.2 Å². The van der Waals surface area contributed by atoms with Gasteiger partial charge in [0.25, 0.3) is 0 Å². The average Bonchev–Trinajstić information content (AvgIpc) is 2.42. The van der Waals surface area contributed by atoms with Gasteiger partial charge in [0.05, 0.1) is 21.3 Å². The summed E-state index contributed by atoms with van der Waals surface area (Å²) in [6.45, 7) is 1.16. The fraction of sp³-hybridized carbons (Fsp3) is 0.286. The van der Waals surface area contributed by atoms with Gasteiger partial charge in [0.1, 0.15) is 0 Å². The Morgan fingerprint density at radius 3 is 1.95 bits per heavy atom. The number of ether oxygens (including phenoxy) is 4. The first-order valence-electron chi connectivity index (χ1n) is 5.72. The molecule has 0 atom stereocenters. The zero-order valence-electron chi connectivity index (χ0n) is 11.8. The van der Waals surface area contributed by atoms with Gasteiger partial charge in [-0.15, -0.1) is 0 Å². The van der Waals surface area contributed by atoms with Crippen molar-refractivity contribution in [3.8, 4) is 17.2 Å². The van der Waals surface area contributed by atoms with E-state index in [2.05, 4.69) is 4.74 Å². The highest BCUT2D eigenvalue weighted by Crippen LogP contribution is 2.38. The van der Waals surface area contributed by atoms with E-state index in [4.69, 9.17) is 14.2 Å². The molecule has 0 aromatic heterocycles. The number of hydrogen-bond donors (Lipinski definition) is 0. The Morgan fingerprint density at radius 1 is 1.00 bits per heavy atom. The van der Waals surface area contributed by atoms with Gasteiger partial charge in [-0.25, -0.2) is 4.79 Å². The van der Waals surface area contributed by atoms with Gasteiger partial charge in [0.2, 0.25) is 5.75 Å². The van der Waals surface area contributed by atoms with Crippen molar-refractivity contribution in [1.82, 2.24) is 0 Å². The molecule has 20 heavy (non-hydrogen) atoms. The van der Waals surface area contributed by atoms with E-state index in [0.29, 0.717) is 22.8 Å². The van der Waals surface area contributed by atoms with Crippen LogP contribution in [0, 0.1) is 0 Å². The topological polar surface area (TPSA) is 71.1 Å². The fourth-order valence-electron chi connectivity index (χ4n) is 1.54. The van der Waals surface area contributed by atoms with Crippen molar-refractivity contribution in [2.45, 2.75) is 6.92 Å². The van der Waals surface area contributed by atoms with Crippen LogP contribution in [-0.2, 0) is 14.3 Å². The zero-order valence-corrected chi connectivity index (χ0v) is 11.8. The van der Waals surface area contributed by atoms with Gasteiger partial charge in [0.15, 0.2) is 11.5 Å². The van der Waals surface area contributed by atoms with Crippen molar-refractivity contribution in [2.24, 2.45) is 0 Å². The maximum Gasteiger partial charge on any atom is 0.338 e. The highest BCUT2D eigenvalue weighted by Gasteiger charge is 2.12. The number of carbonyl (C=O) groups excluding carboxylic acids is 2. The first-order chi connectivity index (χ1) is 9.51. The number of rotatable bonds is 5. The largest absolute Gasteiger partial charge is 0.493 e. The molecular formula is C14H16O6.